The third-order valence-electron chi connectivity index (χ3n) is 1.07. The van der Waals surface area contributed by atoms with E-state index in [1.807, 2.05) is 0 Å². The quantitative estimate of drug-likeness (QED) is 0.657. The monoisotopic (exact) mass is 180 g/mol. The van der Waals surface area contributed by atoms with Crippen LogP contribution in [0.4, 0.5) is 0 Å². The molecule has 0 bridgehead atoms. The Morgan fingerprint density at radius 1 is 1.62 bits per heavy atom. The van der Waals surface area contributed by atoms with Crippen molar-refractivity contribution in [2.24, 2.45) is 0 Å². The van der Waals surface area contributed by atoms with Crippen LogP contribution in [0.1, 0.15) is 26.2 Å². The molecule has 0 aromatic rings. The summed E-state index contributed by atoms with van der Waals surface area (Å²) in [7, 11) is 0. The lowest BCUT2D eigenvalue weighted by atomic mass is 10.2. The molecule has 0 rings (SSSR count). The summed E-state index contributed by atoms with van der Waals surface area (Å²) >= 11 is 3.19. The third-order valence-corrected chi connectivity index (χ3v) is 1.82. The molecule has 0 unspecified atom stereocenters. The zero-order chi connectivity index (χ0) is 6.41. The van der Waals surface area contributed by atoms with Crippen LogP contribution in [0.2, 0.25) is 0 Å². The predicted molar refractivity (Wildman–Crippen MR) is 39.3 cm³/mol. The van der Waals surface area contributed by atoms with Gasteiger partial charge in [0.1, 0.15) is 0 Å². The summed E-state index contributed by atoms with van der Waals surface area (Å²) in [5.74, 6) is 0. The molecule has 1 atom stereocenters. The van der Waals surface area contributed by atoms with E-state index in [4.69, 9.17) is 5.11 Å². The van der Waals surface area contributed by atoms with E-state index >= 15 is 0 Å². The van der Waals surface area contributed by atoms with Crippen LogP contribution in [0.5, 0.6) is 0 Å². The van der Waals surface area contributed by atoms with Gasteiger partial charge in [0.2, 0.25) is 0 Å². The highest BCUT2D eigenvalue weighted by atomic mass is 79.9. The first-order chi connectivity index (χ1) is 3.81. The maximum Gasteiger partial charge on any atom is 0.0637 e. The Balaban J connectivity index is 2.86. The van der Waals surface area contributed by atoms with Gasteiger partial charge in [-0.1, -0.05) is 35.7 Å². The lowest BCUT2D eigenvalue weighted by Crippen LogP contribution is -2.06. The SMILES string of the molecule is CCCC[C@H](O)CBr. The number of hydrogen-bond acceptors (Lipinski definition) is 1. The van der Waals surface area contributed by atoms with Gasteiger partial charge < -0.3 is 5.11 Å². The average Bonchev–Trinajstić information content (AvgIpc) is 1.83. The Labute approximate surface area is 59.2 Å². The van der Waals surface area contributed by atoms with Crippen LogP contribution in [0.3, 0.4) is 0 Å². The minimum absolute atomic E-state index is 0.130. The van der Waals surface area contributed by atoms with E-state index in [0.717, 1.165) is 12.8 Å². The Kier molecular flexibility index (Phi) is 5.88. The van der Waals surface area contributed by atoms with Crippen LogP contribution < -0.4 is 0 Å². The summed E-state index contributed by atoms with van der Waals surface area (Å²) in [4.78, 5) is 0. The molecule has 8 heavy (non-hydrogen) atoms. The van der Waals surface area contributed by atoms with Crippen LogP contribution in [-0.4, -0.2) is 16.5 Å². The molecule has 0 aromatic carbocycles. The molecule has 0 heterocycles. The van der Waals surface area contributed by atoms with Crippen LogP contribution >= 0.6 is 15.9 Å². The van der Waals surface area contributed by atoms with Crippen molar-refractivity contribution < 1.29 is 5.11 Å². The molecule has 0 amide bonds. The molecule has 1 nitrogen and oxygen atoms in total. The highest BCUT2D eigenvalue weighted by molar-refractivity contribution is 9.09. The van der Waals surface area contributed by atoms with Gasteiger partial charge in [-0.05, 0) is 6.42 Å². The van der Waals surface area contributed by atoms with E-state index < -0.39 is 0 Å². The number of alkyl halides is 1. The van der Waals surface area contributed by atoms with Crippen molar-refractivity contribution in [2.45, 2.75) is 32.3 Å². The number of hydrogen-bond donors (Lipinski definition) is 1. The fourth-order valence-electron chi connectivity index (χ4n) is 0.517. The van der Waals surface area contributed by atoms with Gasteiger partial charge in [0.15, 0.2) is 0 Å². The smallest absolute Gasteiger partial charge is 0.0637 e. The zero-order valence-corrected chi connectivity index (χ0v) is 6.82. The molecular weight excluding hydrogens is 168 g/mol. The number of unbranched alkanes of at least 4 members (excludes halogenated alkanes) is 1. The second kappa shape index (κ2) is 5.57. The van der Waals surface area contributed by atoms with Crippen molar-refractivity contribution in [3.05, 3.63) is 0 Å². The maximum absolute atomic E-state index is 8.94. The van der Waals surface area contributed by atoms with Gasteiger partial charge in [-0.25, -0.2) is 0 Å². The van der Waals surface area contributed by atoms with E-state index in [9.17, 15) is 0 Å². The Hall–Kier alpha value is 0.440. The largest absolute Gasteiger partial charge is 0.392 e. The van der Waals surface area contributed by atoms with E-state index in [1.165, 1.54) is 6.42 Å². The van der Waals surface area contributed by atoms with Crippen LogP contribution in [0, 0.1) is 0 Å². The predicted octanol–water partition coefficient (Wildman–Crippen LogP) is 1.93. The molecule has 1 N–H and O–H groups in total. The molecule has 0 aliphatic heterocycles. The molecule has 0 fully saturated rings. The van der Waals surface area contributed by atoms with Crippen molar-refractivity contribution in [1.29, 1.82) is 0 Å². The standard InChI is InChI=1S/C6H13BrO/c1-2-3-4-6(8)5-7/h6,8H,2-5H2,1H3/t6-/m0/s1. The molecule has 50 valence electrons. The molecule has 2 heteroatoms. The van der Waals surface area contributed by atoms with Crippen molar-refractivity contribution in [2.75, 3.05) is 5.33 Å². The summed E-state index contributed by atoms with van der Waals surface area (Å²) < 4.78 is 0. The molecule has 0 aromatic heterocycles. The minimum atomic E-state index is -0.130. The zero-order valence-electron chi connectivity index (χ0n) is 5.23. The Morgan fingerprint density at radius 2 is 2.25 bits per heavy atom. The number of aliphatic hydroxyl groups excluding tert-OH is 1. The third kappa shape index (κ3) is 4.60. The number of halogens is 1. The highest BCUT2D eigenvalue weighted by Gasteiger charge is 1.97. The van der Waals surface area contributed by atoms with E-state index in [2.05, 4.69) is 22.9 Å². The second-order valence-corrected chi connectivity index (χ2v) is 2.60. The molecule has 0 radical (unpaired) electrons. The first-order valence-electron chi connectivity index (χ1n) is 3.05. The van der Waals surface area contributed by atoms with Gasteiger partial charge in [0, 0.05) is 5.33 Å². The summed E-state index contributed by atoms with van der Waals surface area (Å²) in [6.45, 7) is 2.13. The molecule has 0 aliphatic rings. The summed E-state index contributed by atoms with van der Waals surface area (Å²) in [5.41, 5.74) is 0. The lowest BCUT2D eigenvalue weighted by molar-refractivity contribution is 0.187. The maximum atomic E-state index is 8.94. The average molecular weight is 181 g/mol. The van der Waals surface area contributed by atoms with Crippen LogP contribution in [0.15, 0.2) is 0 Å². The van der Waals surface area contributed by atoms with Crippen molar-refractivity contribution in [1.82, 2.24) is 0 Å². The molecular formula is C6H13BrO. The first kappa shape index (κ1) is 8.44. The highest BCUT2D eigenvalue weighted by Crippen LogP contribution is 2.01. The fourth-order valence-corrected chi connectivity index (χ4v) is 0.841. The molecule has 0 saturated carbocycles. The normalized spacial score (nSPS) is 13.9. The first-order valence-corrected chi connectivity index (χ1v) is 4.17. The van der Waals surface area contributed by atoms with E-state index in [-0.39, 0.29) is 6.10 Å². The summed E-state index contributed by atoms with van der Waals surface area (Å²) in [5, 5.41) is 9.66. The molecule has 0 spiro atoms. The second-order valence-electron chi connectivity index (χ2n) is 1.95. The minimum Gasteiger partial charge on any atom is -0.392 e. The van der Waals surface area contributed by atoms with Gasteiger partial charge in [-0.3, -0.25) is 0 Å². The molecule has 0 aliphatic carbocycles. The van der Waals surface area contributed by atoms with Crippen molar-refractivity contribution in [3.63, 3.8) is 0 Å². The van der Waals surface area contributed by atoms with Gasteiger partial charge in [-0.2, -0.15) is 0 Å². The van der Waals surface area contributed by atoms with Gasteiger partial charge in [0.25, 0.3) is 0 Å². The summed E-state index contributed by atoms with van der Waals surface area (Å²) in [6, 6.07) is 0. The Bertz CT molecular complexity index is 47.8. The van der Waals surface area contributed by atoms with Crippen molar-refractivity contribution >= 4 is 15.9 Å². The molecule has 0 saturated heterocycles. The number of rotatable bonds is 4. The fraction of sp³-hybridized carbons (Fsp3) is 1.00. The van der Waals surface area contributed by atoms with Gasteiger partial charge >= 0.3 is 0 Å². The van der Waals surface area contributed by atoms with E-state index in [1.54, 1.807) is 0 Å². The lowest BCUT2D eigenvalue weighted by Gasteiger charge is -2.02. The Morgan fingerprint density at radius 3 is 2.62 bits per heavy atom. The van der Waals surface area contributed by atoms with Crippen LogP contribution in [0.25, 0.3) is 0 Å². The number of aliphatic hydroxyl groups is 1. The van der Waals surface area contributed by atoms with Gasteiger partial charge in [-0.15, -0.1) is 0 Å². The summed E-state index contributed by atoms with van der Waals surface area (Å²) in [6.07, 6.45) is 3.11. The van der Waals surface area contributed by atoms with Crippen molar-refractivity contribution in [3.8, 4) is 0 Å². The van der Waals surface area contributed by atoms with E-state index in [0.29, 0.717) is 5.33 Å². The van der Waals surface area contributed by atoms with Crippen LogP contribution in [-0.2, 0) is 0 Å². The topological polar surface area (TPSA) is 20.2 Å². The van der Waals surface area contributed by atoms with Gasteiger partial charge in [0.05, 0.1) is 6.10 Å².